The molecule has 14 heavy (non-hydrogen) atoms. The number of nitrogens with zero attached hydrogens (tertiary/aromatic N) is 1. The van der Waals surface area contributed by atoms with E-state index in [-0.39, 0.29) is 0 Å². The molecule has 1 spiro atoms. The lowest BCUT2D eigenvalue weighted by Gasteiger charge is -2.52. The van der Waals surface area contributed by atoms with Crippen LogP contribution in [0.5, 0.6) is 0 Å². The molecule has 1 nitrogen and oxygen atoms in total. The van der Waals surface area contributed by atoms with Gasteiger partial charge in [0.05, 0.1) is 0 Å². The van der Waals surface area contributed by atoms with Gasteiger partial charge in [-0.05, 0) is 43.4 Å². The van der Waals surface area contributed by atoms with Gasteiger partial charge in [-0.1, -0.05) is 20.4 Å². The van der Waals surface area contributed by atoms with Crippen molar-refractivity contribution in [2.75, 3.05) is 13.1 Å². The average molecular weight is 193 g/mol. The molecule has 2 fully saturated rings. The summed E-state index contributed by atoms with van der Waals surface area (Å²) >= 11 is 0. The highest BCUT2D eigenvalue weighted by Gasteiger charge is 2.43. The fourth-order valence-electron chi connectivity index (χ4n) is 3.35. The van der Waals surface area contributed by atoms with Gasteiger partial charge in [-0.15, -0.1) is 0 Å². The van der Waals surface area contributed by atoms with Crippen molar-refractivity contribution in [1.29, 1.82) is 0 Å². The Balaban J connectivity index is 1.84. The molecule has 0 N–H and O–H groups in total. The van der Waals surface area contributed by atoms with Crippen LogP contribution in [0.25, 0.3) is 0 Å². The van der Waals surface area contributed by atoms with Gasteiger partial charge in [0.15, 0.2) is 0 Å². The van der Waals surface area contributed by atoms with E-state index in [0.717, 1.165) is 17.8 Å². The van der Waals surface area contributed by atoms with Gasteiger partial charge in [0.2, 0.25) is 0 Å². The van der Waals surface area contributed by atoms with Crippen molar-refractivity contribution in [2.45, 2.75) is 46.0 Å². The summed E-state index contributed by atoms with van der Waals surface area (Å²) in [5.74, 6) is 0.996. The maximum Gasteiger partial charge on any atom is 0.0180 e. The smallest absolute Gasteiger partial charge is 0.0180 e. The fraction of sp³-hybridized carbons (Fsp3) is 0.846. The van der Waals surface area contributed by atoms with E-state index in [4.69, 9.17) is 0 Å². The number of hydrogen-bond acceptors (Lipinski definition) is 1. The van der Waals surface area contributed by atoms with Crippen LogP contribution in [0.1, 0.15) is 46.0 Å². The zero-order valence-corrected chi connectivity index (χ0v) is 9.68. The molecule has 0 aromatic rings. The van der Waals surface area contributed by atoms with Gasteiger partial charge in [-0.2, -0.15) is 0 Å². The predicted octanol–water partition coefficient (Wildman–Crippen LogP) is 3.42. The second-order valence-corrected chi connectivity index (χ2v) is 5.42. The summed E-state index contributed by atoms with van der Waals surface area (Å²) in [7, 11) is 0. The van der Waals surface area contributed by atoms with Crippen molar-refractivity contribution in [2.24, 2.45) is 11.3 Å². The minimum atomic E-state index is 0.754. The number of allylic oxidation sites excluding steroid dienone is 1. The van der Waals surface area contributed by atoms with E-state index in [1.165, 1.54) is 44.5 Å². The minimum absolute atomic E-state index is 0.754. The first-order valence-electron chi connectivity index (χ1n) is 6.08. The Morgan fingerprint density at radius 3 is 2.36 bits per heavy atom. The SMILES string of the molecule is C=C(CC)N1CCC2(CC1)CC(C)C2. The van der Waals surface area contributed by atoms with E-state index >= 15 is 0 Å². The van der Waals surface area contributed by atoms with Gasteiger partial charge in [0, 0.05) is 18.8 Å². The molecule has 0 amide bonds. The molecule has 1 aliphatic heterocycles. The molecule has 0 bridgehead atoms. The highest BCUT2D eigenvalue weighted by Crippen LogP contribution is 2.52. The standard InChI is InChI=1S/C13H23N/c1-4-12(3)14-7-5-13(6-8-14)9-11(2)10-13/h11H,3-10H2,1-2H3. The molecule has 1 heterocycles. The number of likely N-dealkylation sites (tertiary alicyclic amines) is 1. The molecule has 0 unspecified atom stereocenters. The summed E-state index contributed by atoms with van der Waals surface area (Å²) in [6.45, 7) is 11.3. The van der Waals surface area contributed by atoms with Gasteiger partial charge in [0.1, 0.15) is 0 Å². The van der Waals surface area contributed by atoms with Gasteiger partial charge in [-0.25, -0.2) is 0 Å². The Kier molecular flexibility index (Phi) is 2.59. The molecule has 0 atom stereocenters. The summed E-state index contributed by atoms with van der Waals surface area (Å²) in [5.41, 5.74) is 2.09. The van der Waals surface area contributed by atoms with E-state index in [0.29, 0.717) is 0 Å². The maximum atomic E-state index is 4.13. The number of hydrogen-bond donors (Lipinski definition) is 0. The first-order chi connectivity index (χ1) is 6.65. The Labute approximate surface area is 88.2 Å². The third-order valence-electron chi connectivity index (χ3n) is 4.24. The van der Waals surface area contributed by atoms with Crippen LogP contribution in [-0.2, 0) is 0 Å². The molecule has 0 radical (unpaired) electrons. The van der Waals surface area contributed by atoms with Crippen LogP contribution in [-0.4, -0.2) is 18.0 Å². The minimum Gasteiger partial charge on any atom is -0.375 e. The van der Waals surface area contributed by atoms with Crippen LogP contribution in [0, 0.1) is 11.3 Å². The van der Waals surface area contributed by atoms with Crippen LogP contribution in [0.15, 0.2) is 12.3 Å². The zero-order chi connectivity index (χ0) is 10.2. The lowest BCUT2D eigenvalue weighted by molar-refractivity contribution is 0.00242. The average Bonchev–Trinajstić information content (AvgIpc) is 2.16. The number of piperidine rings is 1. The molecule has 2 rings (SSSR count). The molecule has 2 aliphatic rings. The molecule has 1 heteroatoms. The third-order valence-corrected chi connectivity index (χ3v) is 4.24. The Bertz CT molecular complexity index is 215. The van der Waals surface area contributed by atoms with Crippen molar-refractivity contribution in [3.8, 4) is 0 Å². The highest BCUT2D eigenvalue weighted by molar-refractivity contribution is 5.01. The van der Waals surface area contributed by atoms with Crippen molar-refractivity contribution in [3.05, 3.63) is 12.3 Å². The molecular formula is C13H23N. The molecule has 0 aromatic heterocycles. The second-order valence-electron chi connectivity index (χ2n) is 5.42. The molecule has 1 saturated heterocycles. The van der Waals surface area contributed by atoms with Crippen molar-refractivity contribution >= 4 is 0 Å². The fourth-order valence-corrected chi connectivity index (χ4v) is 3.35. The predicted molar refractivity (Wildman–Crippen MR) is 61.1 cm³/mol. The van der Waals surface area contributed by atoms with Crippen molar-refractivity contribution in [3.63, 3.8) is 0 Å². The summed E-state index contributed by atoms with van der Waals surface area (Å²) in [6, 6.07) is 0. The van der Waals surface area contributed by atoms with Crippen LogP contribution in [0.2, 0.25) is 0 Å². The lowest BCUT2D eigenvalue weighted by Crippen LogP contribution is -2.45. The van der Waals surface area contributed by atoms with Crippen LogP contribution in [0.3, 0.4) is 0 Å². The van der Waals surface area contributed by atoms with Gasteiger partial charge >= 0.3 is 0 Å². The van der Waals surface area contributed by atoms with E-state index in [1.54, 1.807) is 0 Å². The molecule has 1 aliphatic carbocycles. The van der Waals surface area contributed by atoms with E-state index < -0.39 is 0 Å². The summed E-state index contributed by atoms with van der Waals surface area (Å²) in [4.78, 5) is 2.49. The third kappa shape index (κ3) is 1.69. The van der Waals surface area contributed by atoms with Crippen LogP contribution < -0.4 is 0 Å². The highest BCUT2D eigenvalue weighted by atomic mass is 15.1. The largest absolute Gasteiger partial charge is 0.375 e. The van der Waals surface area contributed by atoms with Gasteiger partial charge in [0.25, 0.3) is 0 Å². The van der Waals surface area contributed by atoms with Crippen molar-refractivity contribution in [1.82, 2.24) is 4.90 Å². The van der Waals surface area contributed by atoms with Crippen LogP contribution in [0.4, 0.5) is 0 Å². The molecule has 1 saturated carbocycles. The van der Waals surface area contributed by atoms with Crippen molar-refractivity contribution < 1.29 is 0 Å². The van der Waals surface area contributed by atoms with Gasteiger partial charge < -0.3 is 4.90 Å². The number of rotatable bonds is 2. The Morgan fingerprint density at radius 2 is 1.93 bits per heavy atom. The normalized spacial score (nSPS) is 26.3. The summed E-state index contributed by atoms with van der Waals surface area (Å²) in [6.07, 6.45) is 6.91. The van der Waals surface area contributed by atoms with Gasteiger partial charge in [-0.3, -0.25) is 0 Å². The van der Waals surface area contributed by atoms with Crippen LogP contribution >= 0.6 is 0 Å². The Morgan fingerprint density at radius 1 is 1.36 bits per heavy atom. The quantitative estimate of drug-likeness (QED) is 0.649. The van der Waals surface area contributed by atoms with E-state index in [2.05, 4.69) is 25.3 Å². The Hall–Kier alpha value is -0.460. The first kappa shape index (κ1) is 10.1. The molecule has 80 valence electrons. The first-order valence-corrected chi connectivity index (χ1v) is 6.08. The topological polar surface area (TPSA) is 3.24 Å². The monoisotopic (exact) mass is 193 g/mol. The molecular weight excluding hydrogens is 170 g/mol. The lowest BCUT2D eigenvalue weighted by atomic mass is 9.58. The molecule has 0 aromatic carbocycles. The zero-order valence-electron chi connectivity index (χ0n) is 9.68. The summed E-state index contributed by atoms with van der Waals surface area (Å²) in [5, 5.41) is 0. The van der Waals surface area contributed by atoms with E-state index in [9.17, 15) is 0 Å². The van der Waals surface area contributed by atoms with E-state index in [1.807, 2.05) is 0 Å². The summed E-state index contributed by atoms with van der Waals surface area (Å²) < 4.78 is 0. The maximum absolute atomic E-state index is 4.13. The second kappa shape index (κ2) is 3.60.